The molecule has 1 aromatic carbocycles. The molecule has 0 fully saturated rings. The van der Waals surface area contributed by atoms with E-state index >= 15 is 0 Å². The van der Waals surface area contributed by atoms with Gasteiger partial charge in [-0.1, -0.05) is 0 Å². The van der Waals surface area contributed by atoms with Gasteiger partial charge >= 0.3 is 111 Å². The summed E-state index contributed by atoms with van der Waals surface area (Å²) in [6.45, 7) is 2.15. The number of rotatable bonds is 3. The first-order valence-electron chi connectivity index (χ1n) is 6.13. The van der Waals surface area contributed by atoms with E-state index in [9.17, 15) is 4.79 Å². The molecule has 0 amide bonds. The molecular weight excluding hydrogens is 335 g/mol. The second-order valence-corrected chi connectivity index (χ2v) is 19.8. The molecule has 0 aliphatic heterocycles. The Hall–Kier alpha value is -0.971. The van der Waals surface area contributed by atoms with Gasteiger partial charge in [0.2, 0.25) is 0 Å². The van der Waals surface area contributed by atoms with E-state index in [-0.39, 0.29) is 5.76 Å². The van der Waals surface area contributed by atoms with Crippen molar-refractivity contribution in [3.8, 4) is 0 Å². The van der Waals surface area contributed by atoms with Crippen molar-refractivity contribution < 1.29 is 13.9 Å². The third-order valence-corrected chi connectivity index (χ3v) is 8.69. The molecular formula is C14H18O3Sn. The Morgan fingerprint density at radius 3 is 2.61 bits per heavy atom. The molecule has 3 nitrogen and oxygen atoms in total. The van der Waals surface area contributed by atoms with Crippen LogP contribution in [0, 0.1) is 0 Å². The van der Waals surface area contributed by atoms with E-state index in [1.54, 1.807) is 13.0 Å². The predicted octanol–water partition coefficient (Wildman–Crippen LogP) is 3.15. The summed E-state index contributed by atoms with van der Waals surface area (Å²) in [6.07, 6.45) is 0. The van der Waals surface area contributed by atoms with E-state index in [1.807, 2.05) is 6.07 Å². The molecule has 0 aliphatic rings. The summed E-state index contributed by atoms with van der Waals surface area (Å²) in [4.78, 5) is 18.7. The van der Waals surface area contributed by atoms with Gasteiger partial charge in [-0.3, -0.25) is 0 Å². The van der Waals surface area contributed by atoms with E-state index in [0.29, 0.717) is 6.61 Å². The summed E-state index contributed by atoms with van der Waals surface area (Å²) in [5, 5.41) is 0.988. The van der Waals surface area contributed by atoms with Gasteiger partial charge in [0.1, 0.15) is 0 Å². The van der Waals surface area contributed by atoms with Gasteiger partial charge in [-0.25, -0.2) is 0 Å². The van der Waals surface area contributed by atoms with Crippen LogP contribution in [-0.2, 0) is 4.74 Å². The third-order valence-electron chi connectivity index (χ3n) is 2.86. The SMILES string of the molecule is CCOC(=O)c1cc2c[c]([Sn]([CH3])([CH3])[CH3])ccc2o1. The van der Waals surface area contributed by atoms with Crippen LogP contribution in [0.2, 0.25) is 14.8 Å². The maximum atomic E-state index is 11.6. The Kier molecular flexibility index (Phi) is 3.71. The zero-order valence-corrected chi connectivity index (χ0v) is 14.1. The zero-order valence-electron chi connectivity index (χ0n) is 11.2. The van der Waals surface area contributed by atoms with Gasteiger partial charge in [0.25, 0.3) is 0 Å². The van der Waals surface area contributed by atoms with Gasteiger partial charge in [-0.15, -0.1) is 0 Å². The Morgan fingerprint density at radius 2 is 2.00 bits per heavy atom. The summed E-state index contributed by atoms with van der Waals surface area (Å²) >= 11 is -2.07. The van der Waals surface area contributed by atoms with Gasteiger partial charge in [0.15, 0.2) is 0 Å². The Balaban J connectivity index is 2.43. The fourth-order valence-electron chi connectivity index (χ4n) is 1.81. The molecule has 4 heteroatoms. The van der Waals surface area contributed by atoms with E-state index in [4.69, 9.17) is 9.15 Å². The number of ether oxygens (including phenoxy) is 1. The fourth-order valence-corrected chi connectivity index (χ4v) is 5.16. The molecule has 0 unspecified atom stereocenters. The second kappa shape index (κ2) is 4.96. The molecule has 18 heavy (non-hydrogen) atoms. The molecule has 0 bridgehead atoms. The van der Waals surface area contributed by atoms with Gasteiger partial charge < -0.3 is 0 Å². The number of carbonyl (C=O) groups is 1. The molecule has 0 spiro atoms. The first kappa shape index (κ1) is 13.5. The minimum atomic E-state index is -2.07. The summed E-state index contributed by atoms with van der Waals surface area (Å²) in [5.41, 5.74) is 0.748. The van der Waals surface area contributed by atoms with Gasteiger partial charge in [-0.2, -0.15) is 0 Å². The fraction of sp³-hybridized carbons (Fsp3) is 0.357. The van der Waals surface area contributed by atoms with Crippen molar-refractivity contribution in [2.75, 3.05) is 6.61 Å². The molecule has 1 heterocycles. The first-order valence-corrected chi connectivity index (χ1v) is 16.1. The van der Waals surface area contributed by atoms with Crippen LogP contribution >= 0.6 is 0 Å². The van der Waals surface area contributed by atoms with Crippen molar-refractivity contribution in [2.24, 2.45) is 0 Å². The minimum absolute atomic E-state index is 0.285. The van der Waals surface area contributed by atoms with Crippen LogP contribution in [0.25, 0.3) is 11.0 Å². The Morgan fingerprint density at radius 1 is 1.28 bits per heavy atom. The second-order valence-electron chi connectivity index (χ2n) is 5.33. The zero-order chi connectivity index (χ0) is 13.3. The maximum absolute atomic E-state index is 11.6. The van der Waals surface area contributed by atoms with E-state index in [0.717, 1.165) is 11.0 Å². The van der Waals surface area contributed by atoms with Gasteiger partial charge in [0.05, 0.1) is 0 Å². The monoisotopic (exact) mass is 354 g/mol. The number of benzene rings is 1. The Labute approximate surface area is 111 Å². The van der Waals surface area contributed by atoms with Crippen LogP contribution < -0.4 is 3.58 Å². The standard InChI is InChI=1S/C11H9O3.3CH3.Sn/c1-2-13-11(12)10-7-8-5-3-4-6-9(8)14-10;;;;/h4-7H,2H2,1H3;3*1H3;. The average molecular weight is 353 g/mol. The van der Waals surface area contributed by atoms with Gasteiger partial charge in [0, 0.05) is 0 Å². The molecule has 96 valence electrons. The number of fused-ring (bicyclic) bond motifs is 1. The van der Waals surface area contributed by atoms with Crippen LogP contribution in [0.3, 0.4) is 0 Å². The molecule has 0 saturated carbocycles. The molecule has 0 N–H and O–H groups in total. The summed E-state index contributed by atoms with van der Waals surface area (Å²) in [6, 6.07) is 8.00. The van der Waals surface area contributed by atoms with Crippen LogP contribution in [0.15, 0.2) is 28.7 Å². The molecule has 0 aliphatic carbocycles. The van der Waals surface area contributed by atoms with Gasteiger partial charge in [-0.05, 0) is 0 Å². The van der Waals surface area contributed by atoms with Crippen LogP contribution in [0.5, 0.6) is 0 Å². The van der Waals surface area contributed by atoms with Crippen LogP contribution in [0.4, 0.5) is 0 Å². The van der Waals surface area contributed by atoms with Crippen molar-refractivity contribution in [1.82, 2.24) is 0 Å². The van der Waals surface area contributed by atoms with Crippen molar-refractivity contribution >= 4 is 38.9 Å². The van der Waals surface area contributed by atoms with Crippen molar-refractivity contribution in [2.45, 2.75) is 21.7 Å². The summed E-state index contributed by atoms with van der Waals surface area (Å²) in [5.74, 6) is -0.109. The quantitative estimate of drug-likeness (QED) is 0.629. The molecule has 1 aromatic heterocycles. The van der Waals surface area contributed by atoms with Crippen molar-refractivity contribution in [3.05, 3.63) is 30.0 Å². The van der Waals surface area contributed by atoms with Crippen LogP contribution in [-0.4, -0.2) is 31.0 Å². The first-order chi connectivity index (χ1) is 8.41. The topological polar surface area (TPSA) is 39.4 Å². The number of hydrogen-bond acceptors (Lipinski definition) is 3. The molecule has 2 rings (SSSR count). The molecule has 2 aromatic rings. The van der Waals surface area contributed by atoms with Crippen LogP contribution in [0.1, 0.15) is 17.5 Å². The third kappa shape index (κ3) is 2.71. The molecule has 0 radical (unpaired) electrons. The molecule has 0 atom stereocenters. The molecule has 0 saturated heterocycles. The normalized spacial score (nSPS) is 11.8. The van der Waals surface area contributed by atoms with E-state index < -0.39 is 24.3 Å². The number of esters is 1. The summed E-state index contributed by atoms with van der Waals surface area (Å²) < 4.78 is 11.9. The number of hydrogen-bond donors (Lipinski definition) is 0. The van der Waals surface area contributed by atoms with E-state index in [1.165, 1.54) is 3.58 Å². The summed E-state index contributed by atoms with van der Waals surface area (Å²) in [7, 11) is 0. The Bertz CT molecular complexity index is 578. The van der Waals surface area contributed by atoms with Crippen molar-refractivity contribution in [3.63, 3.8) is 0 Å². The number of carbonyl (C=O) groups excluding carboxylic acids is 1. The predicted molar refractivity (Wildman–Crippen MR) is 75.2 cm³/mol. The van der Waals surface area contributed by atoms with E-state index in [2.05, 4.69) is 27.0 Å². The van der Waals surface area contributed by atoms with Crippen molar-refractivity contribution in [1.29, 1.82) is 0 Å². The number of furan rings is 1. The average Bonchev–Trinajstić information content (AvgIpc) is 2.70.